The molecule has 4 aromatic rings. The Morgan fingerprint density at radius 2 is 1.65 bits per heavy atom. The Morgan fingerprint density at radius 1 is 0.923 bits per heavy atom. The molecule has 0 saturated heterocycles. The minimum atomic E-state index is 0.511. The number of nitrogens with zero attached hydrogens (tertiary/aromatic N) is 1. The minimum absolute atomic E-state index is 0.511. The van der Waals surface area contributed by atoms with Gasteiger partial charge in [-0.1, -0.05) is 41.9 Å². The molecule has 3 aromatic carbocycles. The van der Waals surface area contributed by atoms with E-state index in [-0.39, 0.29) is 0 Å². The second-order valence-electron chi connectivity index (χ2n) is 6.05. The number of hydrogen-bond acceptors (Lipinski definition) is 1. The molecule has 1 aromatic heterocycles. The first-order valence-corrected chi connectivity index (χ1v) is 9.29. The van der Waals surface area contributed by atoms with E-state index in [4.69, 9.17) is 23.8 Å². The lowest BCUT2D eigenvalue weighted by Gasteiger charge is -2.12. The first-order valence-electron chi connectivity index (χ1n) is 8.51. The predicted octanol–water partition coefficient (Wildman–Crippen LogP) is 6.28. The van der Waals surface area contributed by atoms with Crippen molar-refractivity contribution in [3.63, 3.8) is 0 Å². The van der Waals surface area contributed by atoms with Gasteiger partial charge in [0.15, 0.2) is 5.11 Å². The summed E-state index contributed by atoms with van der Waals surface area (Å²) in [7, 11) is 0. The third-order valence-corrected chi connectivity index (χ3v) is 5.00. The van der Waals surface area contributed by atoms with Crippen LogP contribution in [0.15, 0.2) is 66.7 Å². The van der Waals surface area contributed by atoms with E-state index < -0.39 is 0 Å². The van der Waals surface area contributed by atoms with Crippen LogP contribution in [0.4, 0.5) is 11.4 Å². The summed E-state index contributed by atoms with van der Waals surface area (Å²) in [6.07, 6.45) is 0. The summed E-state index contributed by atoms with van der Waals surface area (Å²) in [6, 6.07) is 22.3. The average molecular weight is 380 g/mol. The summed E-state index contributed by atoms with van der Waals surface area (Å²) >= 11 is 11.6. The highest BCUT2D eigenvalue weighted by Crippen LogP contribution is 2.31. The lowest BCUT2D eigenvalue weighted by Crippen LogP contribution is -2.19. The largest absolute Gasteiger partial charge is 0.341 e. The van der Waals surface area contributed by atoms with E-state index in [0.29, 0.717) is 10.1 Å². The molecule has 2 N–H and O–H groups in total. The van der Waals surface area contributed by atoms with Gasteiger partial charge in [-0.05, 0) is 55.5 Å². The van der Waals surface area contributed by atoms with Crippen molar-refractivity contribution >= 4 is 62.1 Å². The smallest absolute Gasteiger partial charge is 0.175 e. The van der Waals surface area contributed by atoms with Crippen LogP contribution >= 0.6 is 23.8 Å². The number of rotatable bonds is 3. The van der Waals surface area contributed by atoms with Crippen LogP contribution in [0.2, 0.25) is 5.02 Å². The maximum absolute atomic E-state index is 6.18. The van der Waals surface area contributed by atoms with Crippen LogP contribution in [0.3, 0.4) is 0 Å². The molecule has 0 bridgehead atoms. The fraction of sp³-hybridized carbons (Fsp3) is 0.0952. The summed E-state index contributed by atoms with van der Waals surface area (Å²) in [5, 5.41) is 10.0. The van der Waals surface area contributed by atoms with E-state index in [9.17, 15) is 0 Å². The fourth-order valence-electron chi connectivity index (χ4n) is 3.32. The number of anilines is 2. The normalized spacial score (nSPS) is 11.0. The molecule has 0 saturated carbocycles. The van der Waals surface area contributed by atoms with Crippen molar-refractivity contribution in [1.29, 1.82) is 0 Å². The molecule has 0 spiro atoms. The molecule has 0 unspecified atom stereocenters. The lowest BCUT2D eigenvalue weighted by atomic mass is 10.1. The zero-order chi connectivity index (χ0) is 18.1. The van der Waals surface area contributed by atoms with Gasteiger partial charge in [-0.2, -0.15) is 0 Å². The number of nitrogens with one attached hydrogen (secondary N) is 2. The molecule has 0 aliphatic carbocycles. The summed E-state index contributed by atoms with van der Waals surface area (Å²) < 4.78 is 2.33. The van der Waals surface area contributed by atoms with Gasteiger partial charge in [-0.15, -0.1) is 0 Å². The first-order chi connectivity index (χ1) is 12.7. The van der Waals surface area contributed by atoms with Crippen LogP contribution in [-0.2, 0) is 6.54 Å². The molecule has 5 heteroatoms. The standard InChI is InChI=1S/C21H18ClN3S/c1-2-25-19-10-6-3-7-15(19)16-13-14(11-12-20(16)25)23-21(26)24-18-9-5-4-8-17(18)22/h3-13H,2H2,1H3,(H2,23,24,26). The quantitative estimate of drug-likeness (QED) is 0.410. The minimum Gasteiger partial charge on any atom is -0.341 e. The molecule has 0 fully saturated rings. The second kappa shape index (κ2) is 6.98. The third-order valence-electron chi connectivity index (χ3n) is 4.47. The highest BCUT2D eigenvalue weighted by molar-refractivity contribution is 7.80. The highest BCUT2D eigenvalue weighted by atomic mass is 35.5. The number of aryl methyl sites for hydroxylation is 1. The Morgan fingerprint density at radius 3 is 2.46 bits per heavy atom. The molecule has 0 aliphatic rings. The number of halogens is 1. The van der Waals surface area contributed by atoms with Crippen molar-refractivity contribution < 1.29 is 0 Å². The van der Waals surface area contributed by atoms with Gasteiger partial charge in [0.2, 0.25) is 0 Å². The predicted molar refractivity (Wildman–Crippen MR) is 116 cm³/mol. The molecule has 3 nitrogen and oxygen atoms in total. The van der Waals surface area contributed by atoms with Gasteiger partial charge >= 0.3 is 0 Å². The van der Waals surface area contributed by atoms with E-state index in [2.05, 4.69) is 58.5 Å². The van der Waals surface area contributed by atoms with Crippen LogP contribution in [-0.4, -0.2) is 9.68 Å². The van der Waals surface area contributed by atoms with Gasteiger partial charge in [0.25, 0.3) is 0 Å². The number of aromatic nitrogens is 1. The number of benzene rings is 3. The summed E-state index contributed by atoms with van der Waals surface area (Å²) in [5.74, 6) is 0. The zero-order valence-corrected chi connectivity index (χ0v) is 15.9. The van der Waals surface area contributed by atoms with E-state index >= 15 is 0 Å². The molecule has 26 heavy (non-hydrogen) atoms. The van der Waals surface area contributed by atoms with E-state index in [1.54, 1.807) is 0 Å². The Hall–Kier alpha value is -2.56. The first kappa shape index (κ1) is 16.9. The molecule has 130 valence electrons. The monoisotopic (exact) mass is 379 g/mol. The fourth-order valence-corrected chi connectivity index (χ4v) is 3.73. The van der Waals surface area contributed by atoms with Gasteiger partial charge in [0, 0.05) is 34.0 Å². The van der Waals surface area contributed by atoms with E-state index in [1.807, 2.05) is 30.3 Å². The van der Waals surface area contributed by atoms with Gasteiger partial charge in [-0.25, -0.2) is 0 Å². The van der Waals surface area contributed by atoms with Crippen molar-refractivity contribution in [3.8, 4) is 0 Å². The van der Waals surface area contributed by atoms with Gasteiger partial charge in [0.1, 0.15) is 0 Å². The maximum atomic E-state index is 6.18. The Bertz CT molecular complexity index is 1120. The molecular weight excluding hydrogens is 362 g/mol. The maximum Gasteiger partial charge on any atom is 0.175 e. The number of thiocarbonyl (C=S) groups is 1. The van der Waals surface area contributed by atoms with Crippen LogP contribution in [0, 0.1) is 0 Å². The van der Waals surface area contributed by atoms with Crippen LogP contribution in [0.1, 0.15) is 6.92 Å². The van der Waals surface area contributed by atoms with Crippen molar-refractivity contribution in [2.45, 2.75) is 13.5 Å². The molecule has 0 radical (unpaired) electrons. The topological polar surface area (TPSA) is 29.0 Å². The van der Waals surface area contributed by atoms with Gasteiger partial charge in [0.05, 0.1) is 10.7 Å². The summed E-state index contributed by atoms with van der Waals surface area (Å²) in [5.41, 5.74) is 4.21. The number of hydrogen-bond donors (Lipinski definition) is 2. The van der Waals surface area contributed by atoms with Crippen LogP contribution in [0.25, 0.3) is 21.8 Å². The van der Waals surface area contributed by atoms with Gasteiger partial charge in [-0.3, -0.25) is 0 Å². The third kappa shape index (κ3) is 3.02. The molecule has 0 atom stereocenters. The molecular formula is C21H18ClN3S. The Kier molecular flexibility index (Phi) is 4.53. The highest BCUT2D eigenvalue weighted by Gasteiger charge is 2.10. The van der Waals surface area contributed by atoms with E-state index in [0.717, 1.165) is 17.9 Å². The second-order valence-corrected chi connectivity index (χ2v) is 6.87. The molecule has 1 heterocycles. The zero-order valence-electron chi connectivity index (χ0n) is 14.3. The average Bonchev–Trinajstić information content (AvgIpc) is 2.97. The number of fused-ring (bicyclic) bond motifs is 3. The van der Waals surface area contributed by atoms with Crippen LogP contribution in [0.5, 0.6) is 0 Å². The van der Waals surface area contributed by atoms with Gasteiger partial charge < -0.3 is 15.2 Å². The van der Waals surface area contributed by atoms with Crippen LogP contribution < -0.4 is 10.6 Å². The Balaban J connectivity index is 1.66. The molecule has 4 rings (SSSR count). The van der Waals surface area contributed by atoms with Crippen molar-refractivity contribution in [2.75, 3.05) is 10.6 Å². The summed E-state index contributed by atoms with van der Waals surface area (Å²) in [6.45, 7) is 3.10. The molecule has 0 amide bonds. The van der Waals surface area contributed by atoms with Crippen molar-refractivity contribution in [3.05, 3.63) is 71.8 Å². The Labute approximate surface area is 162 Å². The van der Waals surface area contributed by atoms with E-state index in [1.165, 1.54) is 21.8 Å². The lowest BCUT2D eigenvalue weighted by molar-refractivity contribution is 0.827. The summed E-state index contributed by atoms with van der Waals surface area (Å²) in [4.78, 5) is 0. The SMILES string of the molecule is CCn1c2ccccc2c2cc(NC(=S)Nc3ccccc3Cl)ccc21. The molecule has 0 aliphatic heterocycles. The van der Waals surface area contributed by atoms with Crippen molar-refractivity contribution in [1.82, 2.24) is 4.57 Å². The van der Waals surface area contributed by atoms with Crippen molar-refractivity contribution in [2.24, 2.45) is 0 Å². The number of para-hydroxylation sites is 2.